The zero-order chi connectivity index (χ0) is 15.5. The second kappa shape index (κ2) is 6.50. The van der Waals surface area contributed by atoms with E-state index in [4.69, 9.17) is 10.5 Å². The van der Waals surface area contributed by atoms with Gasteiger partial charge in [-0.3, -0.25) is 4.90 Å². The minimum absolute atomic E-state index is 0.204. The van der Waals surface area contributed by atoms with Crippen molar-refractivity contribution < 1.29 is 9.13 Å². The summed E-state index contributed by atoms with van der Waals surface area (Å²) in [5, 5.41) is 0.604. The molecule has 0 radical (unpaired) electrons. The highest BCUT2D eigenvalue weighted by molar-refractivity contribution is 7.15. The van der Waals surface area contributed by atoms with Crippen molar-refractivity contribution in [1.29, 1.82) is 0 Å². The Labute approximate surface area is 133 Å². The molecule has 1 saturated heterocycles. The lowest BCUT2D eigenvalue weighted by Gasteiger charge is -2.36. The third-order valence-electron chi connectivity index (χ3n) is 3.82. The lowest BCUT2D eigenvalue weighted by Crippen LogP contribution is -2.46. The average Bonchev–Trinajstić information content (AvgIpc) is 2.94. The molecule has 0 saturated carbocycles. The fourth-order valence-electron chi connectivity index (χ4n) is 2.62. The van der Waals surface area contributed by atoms with Crippen molar-refractivity contribution >= 4 is 22.2 Å². The summed E-state index contributed by atoms with van der Waals surface area (Å²) < 4.78 is 19.2. The number of benzene rings is 1. The van der Waals surface area contributed by atoms with Crippen LogP contribution in [0.1, 0.15) is 4.88 Å². The molecule has 2 N–H and O–H groups in total. The van der Waals surface area contributed by atoms with Gasteiger partial charge in [-0.05, 0) is 12.1 Å². The van der Waals surface area contributed by atoms with Gasteiger partial charge in [0.25, 0.3) is 0 Å². The first kappa shape index (κ1) is 15.1. The zero-order valence-corrected chi connectivity index (χ0v) is 13.3. The minimum atomic E-state index is -0.204. The van der Waals surface area contributed by atoms with E-state index in [0.717, 1.165) is 32.7 Å². The van der Waals surface area contributed by atoms with Gasteiger partial charge in [0.05, 0.1) is 12.8 Å². The molecule has 0 unspecified atom stereocenters. The molecule has 0 bridgehead atoms. The van der Waals surface area contributed by atoms with Gasteiger partial charge in [0.15, 0.2) is 5.13 Å². The Morgan fingerprint density at radius 2 is 2.09 bits per heavy atom. The number of thiazole rings is 1. The third kappa shape index (κ3) is 3.31. The molecule has 2 aromatic rings. The number of methoxy groups -OCH3 is 1. The van der Waals surface area contributed by atoms with Crippen molar-refractivity contribution in [1.82, 2.24) is 9.88 Å². The van der Waals surface area contributed by atoms with Gasteiger partial charge in [-0.25, -0.2) is 9.37 Å². The van der Waals surface area contributed by atoms with Gasteiger partial charge < -0.3 is 15.4 Å². The predicted molar refractivity (Wildman–Crippen MR) is 87.0 cm³/mol. The smallest absolute Gasteiger partial charge is 0.180 e. The van der Waals surface area contributed by atoms with Crippen LogP contribution < -0.4 is 15.4 Å². The molecule has 0 spiro atoms. The van der Waals surface area contributed by atoms with Crippen LogP contribution in [0.3, 0.4) is 0 Å². The van der Waals surface area contributed by atoms with Crippen molar-refractivity contribution in [2.24, 2.45) is 0 Å². The number of nitrogen functional groups attached to an aromatic ring is 1. The van der Waals surface area contributed by atoms with Crippen molar-refractivity contribution in [3.05, 3.63) is 35.1 Å². The highest BCUT2D eigenvalue weighted by atomic mass is 32.1. The fourth-order valence-corrected chi connectivity index (χ4v) is 3.35. The van der Waals surface area contributed by atoms with E-state index in [1.54, 1.807) is 19.2 Å². The monoisotopic (exact) mass is 322 g/mol. The number of piperazine rings is 1. The molecule has 1 aliphatic rings. The third-order valence-corrected chi connectivity index (χ3v) is 4.63. The number of anilines is 2. The van der Waals surface area contributed by atoms with Crippen molar-refractivity contribution in [2.45, 2.75) is 6.54 Å². The van der Waals surface area contributed by atoms with Gasteiger partial charge in [-0.15, -0.1) is 11.3 Å². The first-order valence-corrected chi connectivity index (χ1v) is 7.98. The zero-order valence-electron chi connectivity index (χ0n) is 12.5. The molecule has 0 amide bonds. The largest absolute Gasteiger partial charge is 0.497 e. The topological polar surface area (TPSA) is 54.6 Å². The van der Waals surface area contributed by atoms with E-state index >= 15 is 0 Å². The lowest BCUT2D eigenvalue weighted by atomic mass is 10.2. The molecule has 0 aliphatic carbocycles. The molecular formula is C15H19FN4OS. The van der Waals surface area contributed by atoms with Crippen LogP contribution in [-0.2, 0) is 6.54 Å². The molecule has 1 fully saturated rings. The van der Waals surface area contributed by atoms with Crippen LogP contribution in [0, 0.1) is 5.82 Å². The number of hydrogen-bond acceptors (Lipinski definition) is 6. The number of ether oxygens (including phenoxy) is 1. The van der Waals surface area contributed by atoms with Crippen molar-refractivity contribution in [3.63, 3.8) is 0 Å². The van der Waals surface area contributed by atoms with Gasteiger partial charge >= 0.3 is 0 Å². The molecule has 22 heavy (non-hydrogen) atoms. The van der Waals surface area contributed by atoms with Crippen LogP contribution in [0.4, 0.5) is 15.2 Å². The van der Waals surface area contributed by atoms with E-state index in [1.165, 1.54) is 22.3 Å². The molecule has 2 heterocycles. The van der Waals surface area contributed by atoms with E-state index < -0.39 is 0 Å². The first-order chi connectivity index (χ1) is 10.7. The fraction of sp³-hybridized carbons (Fsp3) is 0.400. The van der Waals surface area contributed by atoms with Crippen LogP contribution >= 0.6 is 11.3 Å². The first-order valence-electron chi connectivity index (χ1n) is 7.17. The summed E-state index contributed by atoms with van der Waals surface area (Å²) in [6.45, 7) is 4.20. The number of aromatic nitrogens is 1. The maximum absolute atomic E-state index is 14.0. The molecular weight excluding hydrogens is 303 g/mol. The van der Waals surface area contributed by atoms with Gasteiger partial charge in [0.1, 0.15) is 11.6 Å². The van der Waals surface area contributed by atoms with E-state index in [0.29, 0.717) is 16.6 Å². The molecule has 7 heteroatoms. The Bertz CT molecular complexity index is 640. The van der Waals surface area contributed by atoms with E-state index in [2.05, 4.69) is 14.8 Å². The molecule has 0 atom stereocenters. The number of nitrogens with zero attached hydrogens (tertiary/aromatic N) is 3. The van der Waals surface area contributed by atoms with Gasteiger partial charge in [-0.2, -0.15) is 0 Å². The molecule has 1 aromatic heterocycles. The molecule has 1 aliphatic heterocycles. The Balaban J connectivity index is 1.61. The lowest BCUT2D eigenvalue weighted by molar-refractivity contribution is 0.251. The number of nitrogens with two attached hydrogens (primary N) is 1. The summed E-state index contributed by atoms with van der Waals surface area (Å²) in [7, 11) is 1.59. The Kier molecular flexibility index (Phi) is 4.44. The van der Waals surface area contributed by atoms with E-state index in [1.807, 2.05) is 6.20 Å². The SMILES string of the molecule is COc1ccc(F)c(N2CCN(Cc3cnc(N)s3)CC2)c1. The van der Waals surface area contributed by atoms with E-state index in [-0.39, 0.29) is 5.82 Å². The number of rotatable bonds is 4. The summed E-state index contributed by atoms with van der Waals surface area (Å²) in [6, 6.07) is 4.86. The molecule has 1 aromatic carbocycles. The maximum atomic E-state index is 14.0. The highest BCUT2D eigenvalue weighted by Gasteiger charge is 2.20. The summed E-state index contributed by atoms with van der Waals surface area (Å²) in [5.41, 5.74) is 6.26. The van der Waals surface area contributed by atoms with Gasteiger partial charge in [-0.1, -0.05) is 0 Å². The minimum Gasteiger partial charge on any atom is -0.497 e. The van der Waals surface area contributed by atoms with Gasteiger partial charge in [0, 0.05) is 49.9 Å². The van der Waals surface area contributed by atoms with Crippen LogP contribution in [-0.4, -0.2) is 43.2 Å². The maximum Gasteiger partial charge on any atom is 0.180 e. The van der Waals surface area contributed by atoms with Gasteiger partial charge in [0.2, 0.25) is 0 Å². The summed E-state index contributed by atoms with van der Waals surface area (Å²) in [6.07, 6.45) is 1.83. The summed E-state index contributed by atoms with van der Waals surface area (Å²) in [5.74, 6) is 0.475. The summed E-state index contributed by atoms with van der Waals surface area (Å²) >= 11 is 1.52. The summed E-state index contributed by atoms with van der Waals surface area (Å²) in [4.78, 5) is 9.64. The predicted octanol–water partition coefficient (Wildman–Crippen LogP) is 2.20. The van der Waals surface area contributed by atoms with Crippen LogP contribution in [0.15, 0.2) is 24.4 Å². The highest BCUT2D eigenvalue weighted by Crippen LogP contribution is 2.26. The van der Waals surface area contributed by atoms with Crippen LogP contribution in [0.25, 0.3) is 0 Å². The Hall–Kier alpha value is -1.86. The number of halogens is 1. The molecule has 3 rings (SSSR count). The second-order valence-corrected chi connectivity index (χ2v) is 6.39. The Morgan fingerprint density at radius 3 is 2.73 bits per heavy atom. The quantitative estimate of drug-likeness (QED) is 0.935. The number of hydrogen-bond donors (Lipinski definition) is 1. The van der Waals surface area contributed by atoms with Crippen LogP contribution in [0.2, 0.25) is 0 Å². The standard InChI is InChI=1S/C15H19FN4OS/c1-21-11-2-3-13(16)14(8-11)20-6-4-19(5-7-20)10-12-9-18-15(17)22-12/h2-3,8-9H,4-7,10H2,1H3,(H2,17,18). The molecule has 5 nitrogen and oxygen atoms in total. The average molecular weight is 322 g/mol. The Morgan fingerprint density at radius 1 is 1.32 bits per heavy atom. The van der Waals surface area contributed by atoms with E-state index in [9.17, 15) is 4.39 Å². The van der Waals surface area contributed by atoms with Crippen LogP contribution in [0.5, 0.6) is 5.75 Å². The van der Waals surface area contributed by atoms with Crippen molar-refractivity contribution in [3.8, 4) is 5.75 Å². The van der Waals surface area contributed by atoms with Crippen molar-refractivity contribution in [2.75, 3.05) is 43.9 Å². The normalized spacial score (nSPS) is 16.0. The second-order valence-electron chi connectivity index (χ2n) is 5.25. The molecule has 118 valence electrons.